The number of aromatic nitrogens is 1. The van der Waals surface area contributed by atoms with Gasteiger partial charge in [-0.3, -0.25) is 0 Å². The van der Waals surface area contributed by atoms with Gasteiger partial charge in [0.1, 0.15) is 22.3 Å². The van der Waals surface area contributed by atoms with E-state index < -0.39 is 0 Å². The van der Waals surface area contributed by atoms with Crippen LogP contribution in [-0.4, -0.2) is 4.57 Å². The van der Waals surface area contributed by atoms with Crippen LogP contribution in [0.15, 0.2) is 203 Å². The number of hydrogen-bond acceptors (Lipinski definition) is 3. The highest BCUT2D eigenvalue weighted by Crippen LogP contribution is 2.45. The summed E-state index contributed by atoms with van der Waals surface area (Å²) in [7, 11) is 0. The van der Waals surface area contributed by atoms with Gasteiger partial charge in [0.15, 0.2) is 0 Å². The maximum absolute atomic E-state index is 6.55. The number of furan rings is 2. The lowest BCUT2D eigenvalue weighted by Crippen LogP contribution is -2.11. The van der Waals surface area contributed by atoms with E-state index in [2.05, 4.69) is 191 Å². The summed E-state index contributed by atoms with van der Waals surface area (Å²) >= 11 is 0. The summed E-state index contributed by atoms with van der Waals surface area (Å²) < 4.78 is 15.4. The fraction of sp³-hybridized carbons (Fsp3) is 0. The Balaban J connectivity index is 1.06. The maximum Gasteiger partial charge on any atom is 0.143 e. The summed E-state index contributed by atoms with van der Waals surface area (Å²) in [6.45, 7) is 0. The topological polar surface area (TPSA) is 34.5 Å². The third kappa shape index (κ3) is 4.53. The van der Waals surface area contributed by atoms with Crippen LogP contribution in [0.25, 0.3) is 93.3 Å². The van der Waals surface area contributed by atoms with Gasteiger partial charge < -0.3 is 18.3 Å². The molecule has 0 radical (unpaired) electrons. The molecule has 0 aliphatic heterocycles. The van der Waals surface area contributed by atoms with Gasteiger partial charge in [-0.15, -0.1) is 0 Å². The van der Waals surface area contributed by atoms with E-state index in [1.165, 1.54) is 27.2 Å². The van der Waals surface area contributed by atoms with Crippen molar-refractivity contribution in [2.45, 2.75) is 0 Å². The SMILES string of the molecule is c1cc(N(c2ccc(-c3cccc4oc5c6ccccc6ccc5c34)cc2)c2cccc3oc4ccccc4c23)cc(-n2c3ccccc3c3ccccc32)c1. The predicted octanol–water partition coefficient (Wildman–Crippen LogP) is 14.9. The second-order valence-electron chi connectivity index (χ2n) is 14.5. The summed E-state index contributed by atoms with van der Waals surface area (Å²) in [6, 6.07) is 69.0. The molecule has 56 heavy (non-hydrogen) atoms. The van der Waals surface area contributed by atoms with E-state index in [0.717, 1.165) is 83.1 Å². The lowest BCUT2D eigenvalue weighted by atomic mass is 9.98. The Morgan fingerprint density at radius 2 is 1.04 bits per heavy atom. The number of para-hydroxylation sites is 3. The minimum Gasteiger partial charge on any atom is -0.456 e. The minimum absolute atomic E-state index is 0.856. The maximum atomic E-state index is 6.55. The standard InChI is InChI=1S/C52H32N2O2/c1-2-15-39-33(12-1)28-31-43-50-38(19-10-24-48(50)56-52(39)43)34-26-29-35(30-27-34)53(46-22-11-25-49-51(46)42-18-5-8-23-47(42)55-49)36-13-9-14-37(32-36)54-44-20-6-3-16-40(44)41-17-4-7-21-45(41)54/h1-32H. The second kappa shape index (κ2) is 12.0. The van der Waals surface area contributed by atoms with Crippen LogP contribution in [0.5, 0.6) is 0 Å². The number of anilines is 3. The summed E-state index contributed by atoms with van der Waals surface area (Å²) in [4.78, 5) is 2.37. The quantitative estimate of drug-likeness (QED) is 0.178. The zero-order valence-electron chi connectivity index (χ0n) is 30.2. The zero-order chi connectivity index (χ0) is 36.7. The van der Waals surface area contributed by atoms with Crippen molar-refractivity contribution in [3.63, 3.8) is 0 Å². The fourth-order valence-corrected chi connectivity index (χ4v) is 8.93. The van der Waals surface area contributed by atoms with Crippen molar-refractivity contribution in [2.75, 3.05) is 4.90 Å². The van der Waals surface area contributed by atoms with Crippen molar-refractivity contribution >= 4 is 93.5 Å². The molecular weight excluding hydrogens is 685 g/mol. The van der Waals surface area contributed by atoms with E-state index in [1.54, 1.807) is 0 Å². The van der Waals surface area contributed by atoms with Gasteiger partial charge in [0, 0.05) is 49.4 Å². The lowest BCUT2D eigenvalue weighted by Gasteiger charge is -2.27. The molecule has 0 amide bonds. The number of fused-ring (bicyclic) bond motifs is 11. The van der Waals surface area contributed by atoms with Crippen LogP contribution in [-0.2, 0) is 0 Å². The molecule has 0 spiro atoms. The minimum atomic E-state index is 0.856. The first-order chi connectivity index (χ1) is 27.8. The van der Waals surface area contributed by atoms with Crippen molar-refractivity contribution in [3.8, 4) is 16.8 Å². The van der Waals surface area contributed by atoms with Crippen molar-refractivity contribution in [2.24, 2.45) is 0 Å². The normalized spacial score (nSPS) is 11.9. The molecule has 0 saturated heterocycles. The van der Waals surface area contributed by atoms with Crippen LogP contribution in [0.2, 0.25) is 0 Å². The molecule has 3 aromatic heterocycles. The fourth-order valence-electron chi connectivity index (χ4n) is 8.93. The molecule has 12 rings (SSSR count). The summed E-state index contributed by atoms with van der Waals surface area (Å²) in [5.74, 6) is 0. The Labute approximate surface area is 321 Å². The highest BCUT2D eigenvalue weighted by molar-refractivity contribution is 6.19. The number of nitrogens with zero attached hydrogens (tertiary/aromatic N) is 2. The highest BCUT2D eigenvalue weighted by Gasteiger charge is 2.21. The van der Waals surface area contributed by atoms with Crippen LogP contribution in [0.3, 0.4) is 0 Å². The van der Waals surface area contributed by atoms with E-state index in [0.29, 0.717) is 0 Å². The molecule has 4 heteroatoms. The van der Waals surface area contributed by atoms with E-state index >= 15 is 0 Å². The Morgan fingerprint density at radius 1 is 0.393 bits per heavy atom. The molecule has 9 aromatic carbocycles. The predicted molar refractivity (Wildman–Crippen MR) is 233 cm³/mol. The number of rotatable bonds is 5. The van der Waals surface area contributed by atoms with E-state index in [4.69, 9.17) is 8.83 Å². The molecular formula is C52H32N2O2. The molecule has 0 unspecified atom stereocenters. The summed E-state index contributed by atoms with van der Waals surface area (Å²) in [5.41, 5.74) is 12.4. The number of benzene rings is 9. The summed E-state index contributed by atoms with van der Waals surface area (Å²) in [5, 5.41) is 9.20. The van der Waals surface area contributed by atoms with Crippen molar-refractivity contribution in [1.29, 1.82) is 0 Å². The third-order valence-electron chi connectivity index (χ3n) is 11.4. The Kier molecular flexibility index (Phi) is 6.60. The van der Waals surface area contributed by atoms with E-state index in [1.807, 2.05) is 12.1 Å². The molecule has 4 nitrogen and oxygen atoms in total. The van der Waals surface area contributed by atoms with E-state index in [-0.39, 0.29) is 0 Å². The average molecular weight is 717 g/mol. The van der Waals surface area contributed by atoms with Crippen LogP contribution < -0.4 is 4.90 Å². The van der Waals surface area contributed by atoms with Gasteiger partial charge in [-0.25, -0.2) is 0 Å². The largest absolute Gasteiger partial charge is 0.456 e. The monoisotopic (exact) mass is 716 g/mol. The summed E-state index contributed by atoms with van der Waals surface area (Å²) in [6.07, 6.45) is 0. The first-order valence-electron chi connectivity index (χ1n) is 19.0. The van der Waals surface area contributed by atoms with Gasteiger partial charge in [-0.05, 0) is 89.3 Å². The smallest absolute Gasteiger partial charge is 0.143 e. The van der Waals surface area contributed by atoms with Crippen molar-refractivity contribution in [1.82, 2.24) is 4.57 Å². The lowest BCUT2D eigenvalue weighted by molar-refractivity contribution is 0.669. The molecule has 262 valence electrons. The van der Waals surface area contributed by atoms with Gasteiger partial charge in [-0.2, -0.15) is 0 Å². The molecule has 3 heterocycles. The van der Waals surface area contributed by atoms with Crippen molar-refractivity contribution < 1.29 is 8.83 Å². The molecule has 0 aliphatic carbocycles. The van der Waals surface area contributed by atoms with Crippen LogP contribution >= 0.6 is 0 Å². The van der Waals surface area contributed by atoms with Crippen molar-refractivity contribution in [3.05, 3.63) is 194 Å². The zero-order valence-corrected chi connectivity index (χ0v) is 30.2. The van der Waals surface area contributed by atoms with Gasteiger partial charge in [0.25, 0.3) is 0 Å². The van der Waals surface area contributed by atoms with Gasteiger partial charge >= 0.3 is 0 Å². The Morgan fingerprint density at radius 3 is 1.84 bits per heavy atom. The molecule has 12 aromatic rings. The first-order valence-corrected chi connectivity index (χ1v) is 19.0. The Hall–Kier alpha value is -7.56. The number of hydrogen-bond donors (Lipinski definition) is 0. The van der Waals surface area contributed by atoms with E-state index in [9.17, 15) is 0 Å². The van der Waals surface area contributed by atoms with Gasteiger partial charge in [0.2, 0.25) is 0 Å². The van der Waals surface area contributed by atoms with Gasteiger partial charge in [-0.1, -0.05) is 121 Å². The molecule has 0 aliphatic rings. The van der Waals surface area contributed by atoms with Gasteiger partial charge in [0.05, 0.1) is 22.1 Å². The highest BCUT2D eigenvalue weighted by atomic mass is 16.3. The molecule has 0 bridgehead atoms. The third-order valence-corrected chi connectivity index (χ3v) is 11.4. The van der Waals surface area contributed by atoms with Crippen LogP contribution in [0, 0.1) is 0 Å². The molecule has 0 N–H and O–H groups in total. The second-order valence-corrected chi connectivity index (χ2v) is 14.5. The average Bonchev–Trinajstić information content (AvgIpc) is 3.94. The van der Waals surface area contributed by atoms with Crippen LogP contribution in [0.1, 0.15) is 0 Å². The molecule has 0 saturated carbocycles. The first kappa shape index (κ1) is 30.9. The Bertz CT molecular complexity index is 3440. The molecule has 0 atom stereocenters. The molecule has 0 fully saturated rings. The van der Waals surface area contributed by atoms with Crippen LogP contribution in [0.4, 0.5) is 17.1 Å².